The van der Waals surface area contributed by atoms with Crippen LogP contribution in [0.1, 0.15) is 100 Å². The van der Waals surface area contributed by atoms with E-state index >= 15 is 0 Å². The first-order valence-electron chi connectivity index (χ1n) is 21.4. The Morgan fingerprint density at radius 2 is 1.77 bits per heavy atom. The molecule has 0 radical (unpaired) electrons. The van der Waals surface area contributed by atoms with Crippen LogP contribution in [0.15, 0.2) is 48.1 Å². The fraction of sp³-hybridized carbons (Fsp3) is 0.574. The van der Waals surface area contributed by atoms with Crippen molar-refractivity contribution in [3.63, 3.8) is 0 Å². The highest BCUT2D eigenvalue weighted by molar-refractivity contribution is 8.15. The first-order valence-corrected chi connectivity index (χ1v) is 22.3. The third-order valence-electron chi connectivity index (χ3n) is 12.7. The SMILES string of the molecule is CC[C@H](C)C(=O)O[C@H]1C[C@H](O)C=C2C=C[C@H](C)[C@H](CC[C@@H](O)C[C@@H](O)CC(=O)O)[C@H]21.Cc1c(C)c2c(c(C)c1O)CCC(C)(COc1ccc(CC3SC(=O)NC3=O)cc1)O2. The van der Waals surface area contributed by atoms with Gasteiger partial charge < -0.3 is 39.7 Å². The molecule has 10 atom stereocenters. The number of esters is 1. The van der Waals surface area contributed by atoms with Crippen LogP contribution in [0.4, 0.5) is 4.79 Å². The minimum atomic E-state index is -1.10. The number of carboxylic acids is 1. The van der Waals surface area contributed by atoms with E-state index in [4.69, 9.17) is 19.3 Å². The monoisotopic (exact) mass is 865 g/mol. The number of phenolic OH excluding ortho intramolecular Hbond substituents is 1. The Labute approximate surface area is 362 Å². The Bertz CT molecular complexity index is 1980. The number of carbonyl (C=O) groups is 4. The Morgan fingerprint density at radius 1 is 1.07 bits per heavy atom. The zero-order valence-corrected chi connectivity index (χ0v) is 37.1. The van der Waals surface area contributed by atoms with Gasteiger partial charge in [-0.2, -0.15) is 0 Å². The highest BCUT2D eigenvalue weighted by Crippen LogP contribution is 2.45. The van der Waals surface area contributed by atoms with Crippen molar-refractivity contribution < 1.29 is 58.9 Å². The topological polar surface area (TPSA) is 209 Å². The molecule has 2 aromatic rings. The number of hydrogen-bond donors (Lipinski definition) is 6. The summed E-state index contributed by atoms with van der Waals surface area (Å²) in [5, 5.41) is 51.1. The average molecular weight is 866 g/mol. The first-order chi connectivity index (χ1) is 28.8. The minimum absolute atomic E-state index is 0.0156. The van der Waals surface area contributed by atoms with Gasteiger partial charge in [-0.15, -0.1) is 0 Å². The van der Waals surface area contributed by atoms with E-state index < -0.39 is 36.0 Å². The van der Waals surface area contributed by atoms with E-state index in [1.165, 1.54) is 0 Å². The number of aromatic hydroxyl groups is 1. The van der Waals surface area contributed by atoms with E-state index in [9.17, 15) is 39.6 Å². The number of carboxylic acid groups (broad SMARTS) is 1. The molecule has 1 fully saturated rings. The van der Waals surface area contributed by atoms with Gasteiger partial charge in [-0.3, -0.25) is 24.5 Å². The van der Waals surface area contributed by atoms with Gasteiger partial charge in [-0.1, -0.05) is 62.9 Å². The molecular weight excluding hydrogens is 803 g/mol. The van der Waals surface area contributed by atoms with Crippen LogP contribution < -0.4 is 14.8 Å². The molecule has 2 heterocycles. The molecule has 6 N–H and O–H groups in total. The zero-order chi connectivity index (χ0) is 44.8. The maximum absolute atomic E-state index is 12.4. The lowest BCUT2D eigenvalue weighted by Crippen LogP contribution is -2.43. The van der Waals surface area contributed by atoms with Gasteiger partial charge >= 0.3 is 11.9 Å². The molecule has 61 heavy (non-hydrogen) atoms. The number of allylic oxidation sites excluding steroid dienone is 2. The van der Waals surface area contributed by atoms with Crippen molar-refractivity contribution in [3.8, 4) is 17.2 Å². The molecule has 2 aliphatic carbocycles. The summed E-state index contributed by atoms with van der Waals surface area (Å²) >= 11 is 1.04. The van der Waals surface area contributed by atoms with Crippen molar-refractivity contribution in [1.29, 1.82) is 0 Å². The predicted molar refractivity (Wildman–Crippen MR) is 232 cm³/mol. The first kappa shape index (κ1) is 47.7. The van der Waals surface area contributed by atoms with E-state index in [1.807, 2.05) is 78.0 Å². The highest BCUT2D eigenvalue weighted by atomic mass is 32.2. The van der Waals surface area contributed by atoms with Crippen LogP contribution in [0.5, 0.6) is 17.2 Å². The molecule has 6 rings (SSSR count). The number of nitrogens with one attached hydrogen (secondary N) is 1. The van der Waals surface area contributed by atoms with E-state index in [0.717, 1.165) is 69.5 Å². The largest absolute Gasteiger partial charge is 0.507 e. The van der Waals surface area contributed by atoms with Crippen LogP contribution in [0.3, 0.4) is 0 Å². The fourth-order valence-corrected chi connectivity index (χ4v) is 9.48. The summed E-state index contributed by atoms with van der Waals surface area (Å²) in [6.07, 6.45) is 6.76. The number of carbonyl (C=O) groups excluding carboxylic acids is 3. The number of fused-ring (bicyclic) bond motifs is 2. The predicted octanol–water partition coefficient (Wildman–Crippen LogP) is 6.81. The third-order valence-corrected chi connectivity index (χ3v) is 13.7. The number of phenols is 1. The number of aliphatic carboxylic acids is 1. The lowest BCUT2D eigenvalue weighted by Gasteiger charge is -2.43. The van der Waals surface area contributed by atoms with Gasteiger partial charge in [-0.25, -0.2) is 0 Å². The molecule has 0 saturated carbocycles. The summed E-state index contributed by atoms with van der Waals surface area (Å²) in [5.41, 5.74) is 5.27. The van der Waals surface area contributed by atoms with Crippen molar-refractivity contribution in [2.24, 2.45) is 23.7 Å². The van der Waals surface area contributed by atoms with E-state index in [1.54, 1.807) is 0 Å². The van der Waals surface area contributed by atoms with Crippen LogP contribution in [0.25, 0.3) is 0 Å². The quantitative estimate of drug-likeness (QED) is 0.102. The summed E-state index contributed by atoms with van der Waals surface area (Å²) in [6, 6.07) is 7.61. The molecule has 2 aliphatic heterocycles. The summed E-state index contributed by atoms with van der Waals surface area (Å²) < 4.78 is 18.3. The molecule has 334 valence electrons. The normalized spacial score (nSPS) is 26.9. The van der Waals surface area contributed by atoms with Crippen molar-refractivity contribution in [3.05, 3.63) is 75.9 Å². The molecule has 2 unspecified atom stereocenters. The second kappa shape index (κ2) is 20.7. The van der Waals surface area contributed by atoms with Crippen molar-refractivity contribution in [2.45, 2.75) is 142 Å². The standard InChI is InChI=1S/C24H27NO5S.C23H36O7/c1-13-14(2)21-18(15(3)20(13)26)9-10-24(4,30-21)12-29-17-7-5-16(6-8-17)11-19-22(27)25-23(28)31-19;1-4-13(2)23(29)30-20-11-17(25)9-15-6-5-14(3)19(22(15)20)8-7-16(24)10-18(26)12-21(27)28/h5-8,19,26H,9-12H2,1-4H3,(H,25,27,28);5-6,9,13-14,16-20,22,24-26H,4,7-8,10-12H2,1-3H3,(H,27,28)/t;13-,14-,16+,17+,18+,19-,20-,22-/m.0/s1. The molecule has 1 saturated heterocycles. The summed E-state index contributed by atoms with van der Waals surface area (Å²) in [4.78, 5) is 46.2. The van der Waals surface area contributed by atoms with Gasteiger partial charge in [0.05, 0.1) is 35.9 Å². The lowest BCUT2D eigenvalue weighted by molar-refractivity contribution is -0.159. The molecular formula is C47H63NO12S. The molecule has 0 aromatic heterocycles. The van der Waals surface area contributed by atoms with Gasteiger partial charge in [0.2, 0.25) is 5.91 Å². The van der Waals surface area contributed by atoms with Crippen molar-refractivity contribution >= 4 is 34.8 Å². The molecule has 2 amide bonds. The highest BCUT2D eigenvalue weighted by Gasteiger charge is 2.42. The second-order valence-electron chi connectivity index (χ2n) is 17.5. The Hall–Kier alpha value is -4.37. The van der Waals surface area contributed by atoms with E-state index in [-0.39, 0.29) is 58.9 Å². The smallest absolute Gasteiger partial charge is 0.308 e. The Balaban J connectivity index is 0.000000231. The van der Waals surface area contributed by atoms with Crippen LogP contribution in [-0.4, -0.2) is 90.5 Å². The zero-order valence-electron chi connectivity index (χ0n) is 36.3. The summed E-state index contributed by atoms with van der Waals surface area (Å²) in [6.45, 7) is 14.1. The second-order valence-corrected chi connectivity index (χ2v) is 18.7. The number of rotatable bonds is 15. The molecule has 4 aliphatic rings. The summed E-state index contributed by atoms with van der Waals surface area (Å²) in [7, 11) is 0. The average Bonchev–Trinajstić information content (AvgIpc) is 3.53. The maximum atomic E-state index is 12.4. The van der Waals surface area contributed by atoms with E-state index in [2.05, 4.69) is 18.3 Å². The lowest BCUT2D eigenvalue weighted by atomic mass is 9.66. The number of hydrogen-bond acceptors (Lipinski definition) is 12. The minimum Gasteiger partial charge on any atom is -0.507 e. The van der Waals surface area contributed by atoms with Crippen LogP contribution >= 0.6 is 11.8 Å². The number of aliphatic hydroxyl groups is 3. The Kier molecular flexibility index (Phi) is 16.2. The van der Waals surface area contributed by atoms with Crippen molar-refractivity contribution in [1.82, 2.24) is 5.32 Å². The number of imide groups is 1. The Morgan fingerprint density at radius 3 is 2.41 bits per heavy atom. The van der Waals surface area contributed by atoms with Crippen molar-refractivity contribution in [2.75, 3.05) is 6.61 Å². The van der Waals surface area contributed by atoms with Crippen LogP contribution in [-0.2, 0) is 32.0 Å². The number of thioether (sulfide) groups is 1. The van der Waals surface area contributed by atoms with Crippen LogP contribution in [0, 0.1) is 44.4 Å². The number of aliphatic hydroxyl groups excluding tert-OH is 3. The molecule has 14 heteroatoms. The van der Waals surface area contributed by atoms with Gasteiger partial charge in [0.1, 0.15) is 35.6 Å². The van der Waals surface area contributed by atoms with Gasteiger partial charge in [-0.05, 0) is 124 Å². The fourth-order valence-electron chi connectivity index (χ4n) is 8.62. The molecule has 2 aromatic carbocycles. The number of amides is 2. The maximum Gasteiger partial charge on any atom is 0.308 e. The van der Waals surface area contributed by atoms with E-state index in [0.29, 0.717) is 44.5 Å². The molecule has 0 bridgehead atoms. The number of ether oxygens (including phenoxy) is 3. The van der Waals surface area contributed by atoms with Gasteiger partial charge in [0, 0.05) is 17.9 Å². The van der Waals surface area contributed by atoms with Gasteiger partial charge in [0.25, 0.3) is 5.24 Å². The molecule has 0 spiro atoms. The van der Waals surface area contributed by atoms with Crippen LogP contribution in [0.2, 0.25) is 0 Å². The third kappa shape index (κ3) is 12.2. The molecule has 13 nitrogen and oxygen atoms in total. The number of benzene rings is 2. The van der Waals surface area contributed by atoms with Gasteiger partial charge in [0.15, 0.2) is 0 Å². The summed E-state index contributed by atoms with van der Waals surface area (Å²) in [5.74, 6) is 0.413.